The van der Waals surface area contributed by atoms with Gasteiger partial charge in [-0.1, -0.05) is 0 Å². The first-order valence-electron chi connectivity index (χ1n) is 5.72. The molecule has 0 aliphatic heterocycles. The van der Waals surface area contributed by atoms with Gasteiger partial charge in [-0.15, -0.1) is 0 Å². The molecular weight excluding hydrogens is 250 g/mol. The molecule has 7 heteroatoms. The van der Waals surface area contributed by atoms with Gasteiger partial charge in [0.05, 0.1) is 18.5 Å². The highest BCUT2D eigenvalue weighted by Gasteiger charge is 2.25. The number of rotatable bonds is 3. The molecule has 0 bridgehead atoms. The Kier molecular flexibility index (Phi) is 3.20. The molecule has 7 nitrogen and oxygen atoms in total. The predicted molar refractivity (Wildman–Crippen MR) is 67.3 cm³/mol. The summed E-state index contributed by atoms with van der Waals surface area (Å²) < 4.78 is 6.48. The second-order valence-electron chi connectivity index (χ2n) is 4.03. The van der Waals surface area contributed by atoms with Crippen molar-refractivity contribution in [1.29, 1.82) is 0 Å². The van der Waals surface area contributed by atoms with Gasteiger partial charge in [0.15, 0.2) is 11.4 Å². The Morgan fingerprint density at radius 1 is 1.42 bits per heavy atom. The normalized spacial score (nSPS) is 10.7. The molecule has 0 aromatic carbocycles. The average Bonchev–Trinajstić information content (AvgIpc) is 2.68. The van der Waals surface area contributed by atoms with Gasteiger partial charge in [0, 0.05) is 7.05 Å². The van der Waals surface area contributed by atoms with Crippen LogP contribution in [0, 0.1) is 0 Å². The third-order valence-electron chi connectivity index (χ3n) is 2.71. The van der Waals surface area contributed by atoms with Gasteiger partial charge in [0.1, 0.15) is 11.1 Å². The van der Waals surface area contributed by atoms with E-state index in [9.17, 15) is 14.4 Å². The second-order valence-corrected chi connectivity index (χ2v) is 4.03. The first-order chi connectivity index (χ1) is 8.97. The van der Waals surface area contributed by atoms with Crippen LogP contribution >= 0.6 is 0 Å². The number of carbonyl (C=O) groups excluding carboxylic acids is 2. The summed E-state index contributed by atoms with van der Waals surface area (Å²) in [5.74, 6) is -1.19. The van der Waals surface area contributed by atoms with Crippen molar-refractivity contribution < 1.29 is 14.3 Å². The number of imidazole rings is 1. The van der Waals surface area contributed by atoms with Crippen LogP contribution in [0.2, 0.25) is 0 Å². The minimum absolute atomic E-state index is 0.0342. The molecule has 19 heavy (non-hydrogen) atoms. The van der Waals surface area contributed by atoms with Crippen LogP contribution in [-0.2, 0) is 11.8 Å². The summed E-state index contributed by atoms with van der Waals surface area (Å²) in [6.45, 7) is 3.04. The second kappa shape index (κ2) is 4.68. The number of aromatic nitrogens is 3. The standard InChI is InChI=1S/C12H13N3O4/c1-4-19-12(18)8-7(6(2)16)11(17)14-10-9(8)15(3)5-13-10/h5H,4H2,1-3H3,(H,14,17). The van der Waals surface area contributed by atoms with Crippen molar-refractivity contribution in [2.45, 2.75) is 13.8 Å². The lowest BCUT2D eigenvalue weighted by molar-refractivity contribution is 0.0525. The summed E-state index contributed by atoms with van der Waals surface area (Å²) in [7, 11) is 1.67. The summed E-state index contributed by atoms with van der Waals surface area (Å²) in [5.41, 5.74) is -0.242. The molecule has 0 unspecified atom stereocenters. The van der Waals surface area contributed by atoms with E-state index >= 15 is 0 Å². The lowest BCUT2D eigenvalue weighted by Gasteiger charge is -2.08. The van der Waals surface area contributed by atoms with Gasteiger partial charge in [-0.2, -0.15) is 0 Å². The number of fused-ring (bicyclic) bond motifs is 1. The van der Waals surface area contributed by atoms with Crippen molar-refractivity contribution in [1.82, 2.24) is 14.5 Å². The van der Waals surface area contributed by atoms with E-state index in [1.54, 1.807) is 18.5 Å². The molecule has 2 rings (SSSR count). The maximum Gasteiger partial charge on any atom is 0.341 e. The van der Waals surface area contributed by atoms with Gasteiger partial charge in [0.2, 0.25) is 0 Å². The Bertz CT molecular complexity index is 726. The van der Waals surface area contributed by atoms with Crippen molar-refractivity contribution in [2.24, 2.45) is 7.05 Å². The Balaban J connectivity index is 2.91. The molecule has 100 valence electrons. The first-order valence-corrected chi connectivity index (χ1v) is 5.72. The third-order valence-corrected chi connectivity index (χ3v) is 2.71. The highest BCUT2D eigenvalue weighted by Crippen LogP contribution is 2.18. The summed E-state index contributed by atoms with van der Waals surface area (Å²) in [6.07, 6.45) is 1.45. The molecule has 2 heterocycles. The van der Waals surface area contributed by atoms with E-state index in [1.165, 1.54) is 13.3 Å². The van der Waals surface area contributed by atoms with Crippen LogP contribution < -0.4 is 5.56 Å². The van der Waals surface area contributed by atoms with E-state index in [0.29, 0.717) is 5.52 Å². The monoisotopic (exact) mass is 263 g/mol. The van der Waals surface area contributed by atoms with Gasteiger partial charge in [-0.3, -0.25) is 9.59 Å². The molecule has 0 fully saturated rings. The van der Waals surface area contributed by atoms with Gasteiger partial charge in [0.25, 0.3) is 5.56 Å². The number of nitrogens with one attached hydrogen (secondary N) is 1. The molecule has 0 radical (unpaired) electrons. The molecule has 0 amide bonds. The largest absolute Gasteiger partial charge is 0.462 e. The van der Waals surface area contributed by atoms with Gasteiger partial charge >= 0.3 is 5.97 Å². The minimum atomic E-state index is -0.701. The van der Waals surface area contributed by atoms with Crippen molar-refractivity contribution >= 4 is 22.9 Å². The number of ketones is 1. The van der Waals surface area contributed by atoms with Crippen LogP contribution in [0.3, 0.4) is 0 Å². The Morgan fingerprint density at radius 2 is 2.11 bits per heavy atom. The Labute approximate surface area is 108 Å². The molecule has 0 aliphatic rings. The highest BCUT2D eigenvalue weighted by atomic mass is 16.5. The fourth-order valence-electron chi connectivity index (χ4n) is 1.96. The van der Waals surface area contributed by atoms with Crippen molar-refractivity contribution in [2.75, 3.05) is 6.61 Å². The van der Waals surface area contributed by atoms with Crippen LogP contribution in [0.25, 0.3) is 11.2 Å². The topological polar surface area (TPSA) is 94.1 Å². The zero-order chi connectivity index (χ0) is 14.2. The van der Waals surface area contributed by atoms with E-state index in [-0.39, 0.29) is 23.4 Å². The highest BCUT2D eigenvalue weighted by molar-refractivity contribution is 6.11. The zero-order valence-electron chi connectivity index (χ0n) is 10.8. The number of carbonyl (C=O) groups is 2. The molecule has 0 saturated carbocycles. The Hall–Kier alpha value is -2.44. The minimum Gasteiger partial charge on any atom is -0.462 e. The number of esters is 1. The van der Waals surface area contributed by atoms with Crippen molar-refractivity contribution in [3.05, 3.63) is 27.8 Å². The van der Waals surface area contributed by atoms with Crippen LogP contribution in [0.5, 0.6) is 0 Å². The number of aryl methyl sites for hydroxylation is 1. The number of Topliss-reactive ketones (excluding diaryl/α,β-unsaturated/α-hetero) is 1. The summed E-state index contributed by atoms with van der Waals surface area (Å²) in [6, 6.07) is 0. The van der Waals surface area contributed by atoms with Crippen molar-refractivity contribution in [3.63, 3.8) is 0 Å². The molecule has 2 aromatic rings. The Morgan fingerprint density at radius 3 is 2.68 bits per heavy atom. The van der Waals surface area contributed by atoms with Gasteiger partial charge in [-0.05, 0) is 13.8 Å². The molecule has 0 spiro atoms. The fraction of sp³-hybridized carbons (Fsp3) is 0.333. The van der Waals surface area contributed by atoms with Gasteiger partial charge in [-0.25, -0.2) is 9.78 Å². The lowest BCUT2D eigenvalue weighted by Crippen LogP contribution is -2.23. The van der Waals surface area contributed by atoms with Crippen LogP contribution in [-0.4, -0.2) is 32.9 Å². The number of ether oxygens (including phenoxy) is 1. The SMILES string of the molecule is CCOC(=O)c1c(C(C)=O)c(=O)[nH]c2ncn(C)c12. The molecular formula is C12H13N3O4. The van der Waals surface area contributed by atoms with Gasteiger partial charge < -0.3 is 14.3 Å². The van der Waals surface area contributed by atoms with Crippen LogP contribution in [0.1, 0.15) is 34.6 Å². The molecule has 0 atom stereocenters. The maximum absolute atomic E-state index is 12.0. The smallest absolute Gasteiger partial charge is 0.341 e. The number of H-pyrrole nitrogens is 1. The first kappa shape index (κ1) is 13.0. The van der Waals surface area contributed by atoms with E-state index in [0.717, 1.165) is 0 Å². The molecule has 0 aliphatic carbocycles. The summed E-state index contributed by atoms with van der Waals surface area (Å²) in [4.78, 5) is 42.0. The fourth-order valence-corrected chi connectivity index (χ4v) is 1.96. The van der Waals surface area contributed by atoms with E-state index in [4.69, 9.17) is 4.74 Å². The van der Waals surface area contributed by atoms with E-state index in [2.05, 4.69) is 9.97 Å². The third kappa shape index (κ3) is 2.03. The molecule has 0 saturated heterocycles. The quantitative estimate of drug-likeness (QED) is 0.647. The summed E-state index contributed by atoms with van der Waals surface area (Å²) >= 11 is 0. The van der Waals surface area contributed by atoms with Crippen LogP contribution in [0.15, 0.2) is 11.1 Å². The summed E-state index contributed by atoms with van der Waals surface area (Å²) in [5, 5.41) is 0. The number of aromatic amines is 1. The van der Waals surface area contributed by atoms with E-state index in [1.807, 2.05) is 0 Å². The predicted octanol–water partition coefficient (Wildman–Crippen LogP) is 0.641. The molecule has 1 N–H and O–H groups in total. The van der Waals surface area contributed by atoms with E-state index < -0.39 is 17.3 Å². The van der Waals surface area contributed by atoms with Crippen molar-refractivity contribution in [3.8, 4) is 0 Å². The zero-order valence-corrected chi connectivity index (χ0v) is 10.8. The number of nitrogens with zero attached hydrogens (tertiary/aromatic N) is 2. The van der Waals surface area contributed by atoms with Crippen LogP contribution in [0.4, 0.5) is 0 Å². The number of pyridine rings is 1. The number of hydrogen-bond acceptors (Lipinski definition) is 5. The molecule has 2 aromatic heterocycles. The average molecular weight is 263 g/mol. The lowest BCUT2D eigenvalue weighted by atomic mass is 10.1. The maximum atomic E-state index is 12.0. The number of hydrogen-bond donors (Lipinski definition) is 1.